The van der Waals surface area contributed by atoms with Crippen LogP contribution in [0.1, 0.15) is 34.0 Å². The first kappa shape index (κ1) is 25.9. The standard InChI is InChI=1S/C27H21F3N4O5/c1-15(39-24(37)27(28,29)30)22(35)33-25-31-20-12-11-17(13-21(20)32-25)26(38)19-10-6-5-9-18(19)23(36)34(26)14-16-7-3-2-4-8-16/h2-13,15,38H,14H2,1H3,(H2,31,32,33,35). The Kier molecular flexibility index (Phi) is 6.35. The molecule has 2 unspecified atom stereocenters. The van der Waals surface area contributed by atoms with Gasteiger partial charge in [-0.1, -0.05) is 54.6 Å². The van der Waals surface area contributed by atoms with Crippen LogP contribution in [0.5, 0.6) is 0 Å². The van der Waals surface area contributed by atoms with Crippen molar-refractivity contribution in [2.75, 3.05) is 5.32 Å². The normalized spacial score (nSPS) is 17.7. The highest BCUT2D eigenvalue weighted by Crippen LogP contribution is 2.43. The summed E-state index contributed by atoms with van der Waals surface area (Å²) in [6, 6.07) is 20.7. The zero-order chi connectivity index (χ0) is 27.9. The van der Waals surface area contributed by atoms with Crippen molar-refractivity contribution in [1.82, 2.24) is 14.9 Å². The van der Waals surface area contributed by atoms with Crippen molar-refractivity contribution in [3.63, 3.8) is 0 Å². The van der Waals surface area contributed by atoms with Gasteiger partial charge in [0.15, 0.2) is 11.8 Å². The topological polar surface area (TPSA) is 125 Å². The molecule has 3 aromatic carbocycles. The maximum absolute atomic E-state index is 13.4. The smallest absolute Gasteiger partial charge is 0.446 e. The van der Waals surface area contributed by atoms with Gasteiger partial charge in [-0.3, -0.25) is 19.8 Å². The number of hydrogen-bond acceptors (Lipinski definition) is 6. The van der Waals surface area contributed by atoms with Crippen molar-refractivity contribution in [3.05, 3.63) is 95.1 Å². The third-order valence-corrected chi connectivity index (χ3v) is 6.36. The van der Waals surface area contributed by atoms with Crippen molar-refractivity contribution >= 4 is 34.8 Å². The number of aromatic amines is 1. The van der Waals surface area contributed by atoms with Gasteiger partial charge in [0.2, 0.25) is 5.95 Å². The fourth-order valence-electron chi connectivity index (χ4n) is 4.46. The monoisotopic (exact) mass is 538 g/mol. The molecule has 2 heterocycles. The second-order valence-corrected chi connectivity index (χ2v) is 8.95. The van der Waals surface area contributed by atoms with Crippen molar-refractivity contribution in [2.45, 2.75) is 31.5 Å². The van der Waals surface area contributed by atoms with Crippen LogP contribution in [0, 0.1) is 0 Å². The molecule has 0 spiro atoms. The van der Waals surface area contributed by atoms with Gasteiger partial charge in [0.1, 0.15) is 0 Å². The Morgan fingerprint density at radius 1 is 1.10 bits per heavy atom. The van der Waals surface area contributed by atoms with E-state index in [1.165, 1.54) is 4.90 Å². The number of aromatic nitrogens is 2. The van der Waals surface area contributed by atoms with Crippen LogP contribution in [0.15, 0.2) is 72.8 Å². The second-order valence-electron chi connectivity index (χ2n) is 8.95. The number of nitrogens with zero attached hydrogens (tertiary/aromatic N) is 2. The number of alkyl halides is 3. The Labute approximate surface area is 219 Å². The first-order chi connectivity index (χ1) is 18.5. The Hall–Kier alpha value is -4.71. The largest absolute Gasteiger partial charge is 0.490 e. The Morgan fingerprint density at radius 3 is 2.51 bits per heavy atom. The fourth-order valence-corrected chi connectivity index (χ4v) is 4.46. The van der Waals surface area contributed by atoms with E-state index in [1.54, 1.807) is 42.5 Å². The van der Waals surface area contributed by atoms with Gasteiger partial charge in [0.05, 0.1) is 11.0 Å². The average molecular weight is 538 g/mol. The highest BCUT2D eigenvalue weighted by atomic mass is 19.4. The first-order valence-corrected chi connectivity index (χ1v) is 11.7. The fraction of sp³-hybridized carbons (Fsp3) is 0.185. The lowest BCUT2D eigenvalue weighted by Crippen LogP contribution is -2.44. The van der Waals surface area contributed by atoms with Crippen LogP contribution >= 0.6 is 0 Å². The number of esters is 1. The van der Waals surface area contributed by atoms with Gasteiger partial charge in [0, 0.05) is 23.2 Å². The molecular formula is C27H21F3N4O5. The maximum atomic E-state index is 13.4. The van der Waals surface area contributed by atoms with Gasteiger partial charge in [-0.25, -0.2) is 9.78 Å². The summed E-state index contributed by atoms with van der Waals surface area (Å²) in [6.07, 6.45) is -6.98. The number of nitrogens with one attached hydrogen (secondary N) is 2. The van der Waals surface area contributed by atoms with Crippen LogP contribution in [0.2, 0.25) is 0 Å². The molecule has 0 bridgehead atoms. The Morgan fingerprint density at radius 2 is 1.79 bits per heavy atom. The lowest BCUT2D eigenvalue weighted by atomic mass is 9.93. The number of rotatable bonds is 6. The third kappa shape index (κ3) is 4.70. The molecule has 9 nitrogen and oxygen atoms in total. The van der Waals surface area contributed by atoms with Crippen molar-refractivity contribution in [3.8, 4) is 0 Å². The number of fused-ring (bicyclic) bond motifs is 2. The molecule has 2 atom stereocenters. The minimum atomic E-state index is -5.24. The highest BCUT2D eigenvalue weighted by molar-refractivity contribution is 6.00. The van der Waals surface area contributed by atoms with E-state index in [0.717, 1.165) is 12.5 Å². The predicted molar refractivity (Wildman–Crippen MR) is 132 cm³/mol. The lowest BCUT2D eigenvalue weighted by Gasteiger charge is -2.35. The number of benzene rings is 3. The Bertz CT molecular complexity index is 1590. The van der Waals surface area contributed by atoms with E-state index in [4.69, 9.17) is 0 Å². The molecule has 200 valence electrons. The molecular weight excluding hydrogens is 517 g/mol. The van der Waals surface area contributed by atoms with E-state index >= 15 is 0 Å². The average Bonchev–Trinajstić information content (AvgIpc) is 3.41. The molecule has 12 heteroatoms. The number of hydrogen-bond donors (Lipinski definition) is 3. The number of halogens is 3. The van der Waals surface area contributed by atoms with Crippen LogP contribution < -0.4 is 5.32 Å². The molecule has 3 N–H and O–H groups in total. The second kappa shape index (κ2) is 9.55. The molecule has 1 aliphatic rings. The van der Waals surface area contributed by atoms with Gasteiger partial charge in [0.25, 0.3) is 11.8 Å². The molecule has 5 rings (SSSR count). The number of amides is 2. The van der Waals surface area contributed by atoms with Gasteiger partial charge >= 0.3 is 12.1 Å². The predicted octanol–water partition coefficient (Wildman–Crippen LogP) is 3.84. The third-order valence-electron chi connectivity index (χ3n) is 6.36. The van der Waals surface area contributed by atoms with Crippen molar-refractivity contribution < 1.29 is 37.4 Å². The van der Waals surface area contributed by atoms with Gasteiger partial charge in [-0.15, -0.1) is 0 Å². The molecule has 4 aromatic rings. The number of imidazole rings is 1. The number of anilines is 1. The first-order valence-electron chi connectivity index (χ1n) is 11.7. The maximum Gasteiger partial charge on any atom is 0.490 e. The molecule has 2 amide bonds. The zero-order valence-electron chi connectivity index (χ0n) is 20.3. The number of ether oxygens (including phenoxy) is 1. The molecule has 0 aliphatic carbocycles. The minimum absolute atomic E-state index is 0.113. The van der Waals surface area contributed by atoms with Gasteiger partial charge in [-0.05, 0) is 30.7 Å². The van der Waals surface area contributed by atoms with Crippen LogP contribution in [0.3, 0.4) is 0 Å². The van der Waals surface area contributed by atoms with Gasteiger partial charge < -0.3 is 14.8 Å². The lowest BCUT2D eigenvalue weighted by molar-refractivity contribution is -0.204. The summed E-state index contributed by atoms with van der Waals surface area (Å²) < 4.78 is 41.4. The number of H-pyrrole nitrogens is 1. The zero-order valence-corrected chi connectivity index (χ0v) is 20.3. The molecule has 0 saturated carbocycles. The van der Waals surface area contributed by atoms with E-state index < -0.39 is 29.9 Å². The van der Waals surface area contributed by atoms with E-state index in [-0.39, 0.29) is 18.4 Å². The summed E-state index contributed by atoms with van der Waals surface area (Å²) in [5, 5.41) is 14.4. The van der Waals surface area contributed by atoms with Crippen molar-refractivity contribution in [1.29, 1.82) is 0 Å². The van der Waals surface area contributed by atoms with Crippen molar-refractivity contribution in [2.24, 2.45) is 0 Å². The summed E-state index contributed by atoms with van der Waals surface area (Å²) in [4.78, 5) is 45.0. The SMILES string of the molecule is CC(OC(=O)C(F)(F)F)C(=O)Nc1nc2ccc(C3(O)c4ccccc4C(=O)N3Cc3ccccc3)cc2[nH]1. The molecule has 1 aromatic heterocycles. The summed E-state index contributed by atoms with van der Waals surface area (Å²) >= 11 is 0. The van der Waals surface area contributed by atoms with E-state index in [1.807, 2.05) is 30.3 Å². The van der Waals surface area contributed by atoms with Crippen LogP contribution in [-0.4, -0.2) is 50.0 Å². The highest BCUT2D eigenvalue weighted by Gasteiger charge is 2.49. The van der Waals surface area contributed by atoms with Crippen LogP contribution in [0.4, 0.5) is 19.1 Å². The van der Waals surface area contributed by atoms with Crippen LogP contribution in [-0.2, 0) is 26.6 Å². The quantitative estimate of drug-likeness (QED) is 0.321. The molecule has 1 aliphatic heterocycles. The number of carbonyl (C=O) groups excluding carboxylic acids is 3. The summed E-state index contributed by atoms with van der Waals surface area (Å²) in [5.41, 5.74) is 0.822. The molecule has 39 heavy (non-hydrogen) atoms. The van der Waals surface area contributed by atoms with Gasteiger partial charge in [-0.2, -0.15) is 13.2 Å². The summed E-state index contributed by atoms with van der Waals surface area (Å²) in [5.74, 6) is -3.98. The minimum Gasteiger partial charge on any atom is -0.446 e. The number of carbonyl (C=O) groups is 3. The summed E-state index contributed by atoms with van der Waals surface area (Å²) in [6.45, 7) is 1.12. The van der Waals surface area contributed by atoms with E-state index in [9.17, 15) is 32.7 Å². The van der Waals surface area contributed by atoms with E-state index in [0.29, 0.717) is 27.7 Å². The molecule has 0 saturated heterocycles. The van der Waals surface area contributed by atoms with E-state index in [2.05, 4.69) is 20.0 Å². The number of aliphatic hydroxyl groups is 1. The Balaban J connectivity index is 1.45. The molecule has 0 radical (unpaired) electrons. The molecule has 0 fully saturated rings. The van der Waals surface area contributed by atoms with Crippen LogP contribution in [0.25, 0.3) is 11.0 Å². The summed E-state index contributed by atoms with van der Waals surface area (Å²) in [7, 11) is 0.